The number of aliphatic hydroxyl groups excluding tert-OH is 1. The van der Waals surface area contributed by atoms with Crippen molar-refractivity contribution in [3.05, 3.63) is 53.2 Å². The summed E-state index contributed by atoms with van der Waals surface area (Å²) >= 11 is 0. The lowest BCUT2D eigenvalue weighted by Crippen LogP contribution is -2.11. The van der Waals surface area contributed by atoms with Crippen LogP contribution >= 0.6 is 8.15 Å². The zero-order chi connectivity index (χ0) is 16.7. The number of aromatic nitrogens is 1. The Balaban J connectivity index is 2.28. The normalized spacial score (nSPS) is 11.5. The van der Waals surface area contributed by atoms with E-state index in [0.29, 0.717) is 12.3 Å². The summed E-state index contributed by atoms with van der Waals surface area (Å²) in [6.07, 6.45) is 0. The second-order valence-corrected chi connectivity index (χ2v) is 6.47. The van der Waals surface area contributed by atoms with E-state index in [9.17, 15) is 5.11 Å². The van der Waals surface area contributed by atoms with Crippen molar-refractivity contribution < 1.29 is 14.4 Å². The molecule has 1 unspecified atom stereocenters. The molecule has 0 aliphatic heterocycles. The topological polar surface area (TPSA) is 51.6 Å². The Bertz CT molecular complexity index is 704. The van der Waals surface area contributed by atoms with Gasteiger partial charge in [-0.2, -0.15) is 0 Å². The van der Waals surface area contributed by atoms with Crippen LogP contribution < -0.4 is 10.2 Å². The predicted octanol–water partition coefficient (Wildman–Crippen LogP) is 2.67. The van der Waals surface area contributed by atoms with Crippen molar-refractivity contribution in [2.45, 2.75) is 13.5 Å². The molecule has 1 N–H and O–H groups in total. The first-order chi connectivity index (χ1) is 11.2. The van der Waals surface area contributed by atoms with E-state index in [0.717, 1.165) is 22.3 Å². The largest absolute Gasteiger partial charge is 0.497 e. The van der Waals surface area contributed by atoms with Crippen molar-refractivity contribution in [2.24, 2.45) is 0 Å². The van der Waals surface area contributed by atoms with E-state index in [1.54, 1.807) is 13.2 Å². The standard InChI is InChI=1S/C18H20NO3P/c1-4-22-23(3)18-12-15(11-16(13-20)19-18)6-5-14-7-9-17(21-2)10-8-14/h7-12,20H,4,13H2,1-3H3. The second kappa shape index (κ2) is 8.64. The SMILES string of the molecule is CCOP(C)c1cc(C#Cc2ccc(OC)cc2)cc(CO)n1. The number of hydrogen-bond acceptors (Lipinski definition) is 4. The van der Waals surface area contributed by atoms with Crippen LogP contribution in [0, 0.1) is 11.8 Å². The molecule has 5 heteroatoms. The highest BCUT2D eigenvalue weighted by molar-refractivity contribution is 7.59. The Kier molecular flexibility index (Phi) is 6.55. The van der Waals surface area contributed by atoms with Crippen molar-refractivity contribution in [3.8, 4) is 17.6 Å². The number of nitrogens with zero attached hydrogens (tertiary/aromatic N) is 1. The van der Waals surface area contributed by atoms with E-state index < -0.39 is 8.15 Å². The van der Waals surface area contributed by atoms with Crippen molar-refractivity contribution in [2.75, 3.05) is 20.4 Å². The number of pyridine rings is 1. The van der Waals surface area contributed by atoms with Crippen LogP contribution in [0.2, 0.25) is 0 Å². The molecule has 23 heavy (non-hydrogen) atoms. The minimum Gasteiger partial charge on any atom is -0.497 e. The maximum atomic E-state index is 9.38. The molecule has 2 aromatic rings. The molecule has 0 fully saturated rings. The third-order valence-electron chi connectivity index (χ3n) is 3.11. The monoisotopic (exact) mass is 329 g/mol. The van der Waals surface area contributed by atoms with Gasteiger partial charge in [-0.1, -0.05) is 11.8 Å². The summed E-state index contributed by atoms with van der Waals surface area (Å²) in [4.78, 5) is 4.42. The van der Waals surface area contributed by atoms with Crippen molar-refractivity contribution in [1.29, 1.82) is 0 Å². The van der Waals surface area contributed by atoms with Crippen LogP contribution in [0.5, 0.6) is 5.75 Å². The molecule has 4 nitrogen and oxygen atoms in total. The first kappa shape index (κ1) is 17.4. The molecule has 1 atom stereocenters. The van der Waals surface area contributed by atoms with Gasteiger partial charge in [0.1, 0.15) is 5.75 Å². The highest BCUT2D eigenvalue weighted by atomic mass is 31.1. The maximum absolute atomic E-state index is 9.38. The van der Waals surface area contributed by atoms with Gasteiger partial charge in [-0.05, 0) is 50.0 Å². The lowest BCUT2D eigenvalue weighted by molar-refractivity contribution is 0.277. The van der Waals surface area contributed by atoms with E-state index in [1.807, 2.05) is 43.9 Å². The van der Waals surface area contributed by atoms with Crippen LogP contribution in [0.3, 0.4) is 0 Å². The highest BCUT2D eigenvalue weighted by Crippen LogP contribution is 2.29. The molecule has 0 aliphatic carbocycles. The molecule has 0 saturated heterocycles. The zero-order valence-electron chi connectivity index (χ0n) is 13.5. The predicted molar refractivity (Wildman–Crippen MR) is 93.2 cm³/mol. The first-order valence-electron chi connectivity index (χ1n) is 7.30. The fraction of sp³-hybridized carbons (Fsp3) is 0.278. The van der Waals surface area contributed by atoms with Crippen LogP contribution in [0.4, 0.5) is 0 Å². The summed E-state index contributed by atoms with van der Waals surface area (Å²) in [7, 11) is 0.844. The molecular formula is C18H20NO3P. The van der Waals surface area contributed by atoms with Gasteiger partial charge in [0.2, 0.25) is 0 Å². The van der Waals surface area contributed by atoms with Crippen LogP contribution in [0.25, 0.3) is 0 Å². The lowest BCUT2D eigenvalue weighted by Gasteiger charge is -2.12. The Morgan fingerprint density at radius 2 is 1.83 bits per heavy atom. The fourth-order valence-electron chi connectivity index (χ4n) is 1.96. The van der Waals surface area contributed by atoms with Gasteiger partial charge in [-0.25, -0.2) is 4.98 Å². The van der Waals surface area contributed by atoms with Gasteiger partial charge < -0.3 is 14.4 Å². The third-order valence-corrected chi connectivity index (χ3v) is 4.63. The molecule has 1 aromatic heterocycles. The Labute approximate surface area is 138 Å². The number of benzene rings is 1. The Morgan fingerprint density at radius 3 is 2.43 bits per heavy atom. The van der Waals surface area contributed by atoms with E-state index >= 15 is 0 Å². The number of aliphatic hydroxyl groups is 1. The summed E-state index contributed by atoms with van der Waals surface area (Å²) in [5.74, 6) is 7.04. The van der Waals surface area contributed by atoms with Crippen molar-refractivity contribution in [1.82, 2.24) is 4.98 Å². The zero-order valence-corrected chi connectivity index (χ0v) is 14.4. The van der Waals surface area contributed by atoms with Crippen molar-refractivity contribution >= 4 is 13.6 Å². The molecule has 0 aliphatic rings. The quantitative estimate of drug-likeness (QED) is 0.677. The minimum absolute atomic E-state index is 0.111. The summed E-state index contributed by atoms with van der Waals surface area (Å²) in [6.45, 7) is 4.49. The summed E-state index contributed by atoms with van der Waals surface area (Å²) in [5.41, 5.74) is 3.17. The molecule has 1 heterocycles. The first-order valence-corrected chi connectivity index (χ1v) is 9.01. The van der Waals surface area contributed by atoms with E-state index in [-0.39, 0.29) is 6.61 Å². The van der Waals surface area contributed by atoms with Crippen LogP contribution in [-0.2, 0) is 11.1 Å². The molecule has 0 spiro atoms. The summed E-state index contributed by atoms with van der Waals surface area (Å²) in [6, 6.07) is 11.3. The molecule has 1 aromatic carbocycles. The third kappa shape index (κ3) is 5.04. The molecule has 2 rings (SSSR count). The highest BCUT2D eigenvalue weighted by Gasteiger charge is 2.09. The fourth-order valence-corrected chi connectivity index (χ4v) is 3.07. The molecule has 0 saturated carbocycles. The van der Waals surface area contributed by atoms with Crippen LogP contribution in [0.15, 0.2) is 36.4 Å². The molecule has 120 valence electrons. The van der Waals surface area contributed by atoms with Gasteiger partial charge in [0.05, 0.1) is 33.0 Å². The van der Waals surface area contributed by atoms with E-state index in [4.69, 9.17) is 9.26 Å². The average Bonchev–Trinajstić information content (AvgIpc) is 2.60. The van der Waals surface area contributed by atoms with Crippen LogP contribution in [0.1, 0.15) is 23.7 Å². The molecule has 0 amide bonds. The Hall–Kier alpha value is -1.92. The summed E-state index contributed by atoms with van der Waals surface area (Å²) in [5, 5.41) is 9.38. The van der Waals surface area contributed by atoms with Gasteiger partial charge in [0, 0.05) is 17.7 Å². The van der Waals surface area contributed by atoms with E-state index in [1.165, 1.54) is 0 Å². The van der Waals surface area contributed by atoms with Crippen LogP contribution in [-0.4, -0.2) is 30.5 Å². The smallest absolute Gasteiger partial charge is 0.118 e. The lowest BCUT2D eigenvalue weighted by atomic mass is 10.2. The number of methoxy groups -OCH3 is 1. The molecule has 0 radical (unpaired) electrons. The second-order valence-electron chi connectivity index (χ2n) is 4.76. The van der Waals surface area contributed by atoms with Gasteiger partial charge in [-0.15, -0.1) is 0 Å². The number of hydrogen-bond donors (Lipinski definition) is 1. The summed E-state index contributed by atoms with van der Waals surface area (Å²) < 4.78 is 10.8. The molecular weight excluding hydrogens is 309 g/mol. The van der Waals surface area contributed by atoms with Gasteiger partial charge in [0.25, 0.3) is 0 Å². The number of rotatable bonds is 5. The Morgan fingerprint density at radius 1 is 1.13 bits per heavy atom. The minimum atomic E-state index is -0.792. The van der Waals surface area contributed by atoms with Gasteiger partial charge >= 0.3 is 0 Å². The maximum Gasteiger partial charge on any atom is 0.118 e. The number of ether oxygens (including phenoxy) is 1. The van der Waals surface area contributed by atoms with Gasteiger partial charge in [-0.3, -0.25) is 0 Å². The average molecular weight is 329 g/mol. The van der Waals surface area contributed by atoms with Crippen molar-refractivity contribution in [3.63, 3.8) is 0 Å². The molecule has 0 bridgehead atoms. The van der Waals surface area contributed by atoms with E-state index in [2.05, 4.69) is 16.8 Å². The van der Waals surface area contributed by atoms with Gasteiger partial charge in [0.15, 0.2) is 0 Å².